The number of halogens is 1. The molecule has 1 amide bonds. The first kappa shape index (κ1) is 22.7. The molecule has 4 aromatic rings. The minimum Gasteiger partial charge on any atom is -0.396 e. The summed E-state index contributed by atoms with van der Waals surface area (Å²) in [5.74, 6) is 0.100. The first-order valence-electron chi connectivity index (χ1n) is 11.7. The summed E-state index contributed by atoms with van der Waals surface area (Å²) in [6.07, 6.45) is 12.1. The lowest BCUT2D eigenvalue weighted by Crippen LogP contribution is -2.13. The number of amides is 1. The van der Waals surface area contributed by atoms with Crippen LogP contribution in [-0.2, 0) is 11.8 Å². The second-order valence-corrected chi connectivity index (χ2v) is 9.11. The van der Waals surface area contributed by atoms with Crippen molar-refractivity contribution in [3.05, 3.63) is 77.8 Å². The van der Waals surface area contributed by atoms with Gasteiger partial charge < -0.3 is 11.1 Å². The molecule has 7 nitrogen and oxygen atoms in total. The van der Waals surface area contributed by atoms with Crippen molar-refractivity contribution in [2.24, 2.45) is 7.05 Å². The number of hydrogen-bond donors (Lipinski definition) is 2. The fourth-order valence-electron chi connectivity index (χ4n) is 4.74. The van der Waals surface area contributed by atoms with Gasteiger partial charge in [0, 0.05) is 60.3 Å². The molecule has 178 valence electrons. The number of benzene rings is 1. The number of rotatable bonds is 4. The van der Waals surface area contributed by atoms with Gasteiger partial charge >= 0.3 is 0 Å². The van der Waals surface area contributed by atoms with Gasteiger partial charge in [-0.15, -0.1) is 0 Å². The van der Waals surface area contributed by atoms with Crippen molar-refractivity contribution in [2.75, 3.05) is 11.1 Å². The zero-order chi connectivity index (χ0) is 24.5. The second kappa shape index (κ2) is 9.29. The highest BCUT2D eigenvalue weighted by Crippen LogP contribution is 2.36. The molecule has 0 bridgehead atoms. The summed E-state index contributed by atoms with van der Waals surface area (Å²) in [5, 5.41) is 8.55. The quantitative estimate of drug-likeness (QED) is 0.312. The first-order valence-corrected chi connectivity index (χ1v) is 11.7. The van der Waals surface area contributed by atoms with Gasteiger partial charge in [0.1, 0.15) is 5.82 Å². The van der Waals surface area contributed by atoms with Crippen molar-refractivity contribution in [1.29, 1.82) is 0 Å². The molecule has 1 saturated carbocycles. The highest BCUT2D eigenvalue weighted by atomic mass is 19.1. The van der Waals surface area contributed by atoms with Gasteiger partial charge in [-0.05, 0) is 67.8 Å². The minimum atomic E-state index is -0.502. The smallest absolute Gasteiger partial charge is 0.249 e. The molecule has 3 aromatic heterocycles. The zero-order valence-electron chi connectivity index (χ0n) is 19.8. The van der Waals surface area contributed by atoms with Crippen LogP contribution in [0.25, 0.3) is 21.9 Å². The van der Waals surface area contributed by atoms with Crippen LogP contribution in [-0.4, -0.2) is 25.7 Å². The van der Waals surface area contributed by atoms with E-state index < -0.39 is 5.82 Å². The van der Waals surface area contributed by atoms with Gasteiger partial charge in [0.05, 0.1) is 11.4 Å². The van der Waals surface area contributed by atoms with Crippen molar-refractivity contribution in [2.45, 2.75) is 38.5 Å². The Labute approximate surface area is 202 Å². The molecule has 0 atom stereocenters. The Morgan fingerprint density at radius 2 is 2.00 bits per heavy atom. The van der Waals surface area contributed by atoms with Gasteiger partial charge in [0.25, 0.3) is 0 Å². The Morgan fingerprint density at radius 1 is 1.20 bits per heavy atom. The standard InChI is InChI=1S/C27H27FN6O/c1-16-7-9-30-14-21(16)20-12-19-13-24(31-15-22(19)27(29)26(20)28)32-25(35)11-17-3-5-18(6-4-17)23-8-10-34(2)33-23/h7-15,18H,3-6,29H2,1-2H3,(H,31,32,35). The molecule has 8 heteroatoms. The number of pyridine rings is 2. The number of carbonyl (C=O) groups excluding carboxylic acids is 1. The fourth-order valence-corrected chi connectivity index (χ4v) is 4.74. The van der Waals surface area contributed by atoms with Crippen LogP contribution >= 0.6 is 0 Å². The maximum atomic E-state index is 15.0. The normalized spacial score (nSPS) is 15.9. The molecule has 35 heavy (non-hydrogen) atoms. The molecule has 1 fully saturated rings. The van der Waals surface area contributed by atoms with Crippen LogP contribution in [0.2, 0.25) is 0 Å². The van der Waals surface area contributed by atoms with Gasteiger partial charge in [-0.2, -0.15) is 5.10 Å². The van der Waals surface area contributed by atoms with Crippen LogP contribution in [0.5, 0.6) is 0 Å². The number of aryl methyl sites for hydroxylation is 2. The van der Waals surface area contributed by atoms with Crippen LogP contribution in [0.1, 0.15) is 42.9 Å². The number of carbonyl (C=O) groups is 1. The monoisotopic (exact) mass is 470 g/mol. The number of anilines is 2. The molecule has 3 heterocycles. The minimum absolute atomic E-state index is 0.0258. The number of hydrogen-bond acceptors (Lipinski definition) is 5. The molecule has 1 aliphatic rings. The molecule has 3 N–H and O–H groups in total. The largest absolute Gasteiger partial charge is 0.396 e. The van der Waals surface area contributed by atoms with Crippen LogP contribution in [0, 0.1) is 12.7 Å². The number of nitrogens with two attached hydrogens (primary N) is 1. The van der Waals surface area contributed by atoms with E-state index in [1.54, 1.807) is 30.6 Å². The fraction of sp³-hybridized carbons (Fsp3) is 0.259. The molecule has 0 saturated heterocycles. The molecule has 0 radical (unpaired) electrons. The Morgan fingerprint density at radius 3 is 2.71 bits per heavy atom. The van der Waals surface area contributed by atoms with E-state index in [4.69, 9.17) is 5.73 Å². The highest BCUT2D eigenvalue weighted by molar-refractivity contribution is 6.02. The van der Waals surface area contributed by atoms with E-state index in [0.717, 1.165) is 42.5 Å². The van der Waals surface area contributed by atoms with Gasteiger partial charge in [-0.1, -0.05) is 5.57 Å². The summed E-state index contributed by atoms with van der Waals surface area (Å²) in [7, 11) is 1.92. The number of nitrogen functional groups attached to an aromatic ring is 1. The third-order valence-corrected chi connectivity index (χ3v) is 6.69. The SMILES string of the molecule is Cc1ccncc1-c1cc2cc(NC(=O)C=C3CCC(c4ccn(C)n4)CC3)ncc2c(N)c1F. The van der Waals surface area contributed by atoms with Gasteiger partial charge in [0.15, 0.2) is 5.82 Å². The van der Waals surface area contributed by atoms with E-state index in [2.05, 4.69) is 26.4 Å². The predicted octanol–water partition coefficient (Wildman–Crippen LogP) is 5.28. The molecule has 1 aliphatic carbocycles. The van der Waals surface area contributed by atoms with E-state index >= 15 is 4.39 Å². The third kappa shape index (κ3) is 4.64. The van der Waals surface area contributed by atoms with E-state index in [0.29, 0.717) is 33.6 Å². The average molecular weight is 471 g/mol. The Bertz CT molecular complexity index is 1450. The van der Waals surface area contributed by atoms with Gasteiger partial charge in [-0.25, -0.2) is 9.37 Å². The summed E-state index contributed by atoms with van der Waals surface area (Å²) in [6, 6.07) is 7.33. The summed E-state index contributed by atoms with van der Waals surface area (Å²) >= 11 is 0. The predicted molar refractivity (Wildman–Crippen MR) is 135 cm³/mol. The van der Waals surface area contributed by atoms with Crippen LogP contribution < -0.4 is 11.1 Å². The lowest BCUT2D eigenvalue weighted by Gasteiger charge is -2.22. The molecular formula is C27H27FN6O. The summed E-state index contributed by atoms with van der Waals surface area (Å²) in [6.45, 7) is 1.90. The summed E-state index contributed by atoms with van der Waals surface area (Å²) in [4.78, 5) is 21.1. The van der Waals surface area contributed by atoms with Crippen LogP contribution in [0.15, 0.2) is 60.7 Å². The number of allylic oxidation sites excluding steroid dienone is 1. The third-order valence-electron chi connectivity index (χ3n) is 6.69. The van der Waals surface area contributed by atoms with Crippen molar-refractivity contribution in [3.63, 3.8) is 0 Å². The van der Waals surface area contributed by atoms with Gasteiger partial charge in [0.2, 0.25) is 5.91 Å². The van der Waals surface area contributed by atoms with Crippen molar-refractivity contribution in [3.8, 4) is 11.1 Å². The zero-order valence-corrected chi connectivity index (χ0v) is 19.8. The average Bonchev–Trinajstić information content (AvgIpc) is 3.28. The number of nitrogens with one attached hydrogen (secondary N) is 1. The maximum Gasteiger partial charge on any atom is 0.249 e. The van der Waals surface area contributed by atoms with Gasteiger partial charge in [-0.3, -0.25) is 14.5 Å². The van der Waals surface area contributed by atoms with E-state index in [9.17, 15) is 4.79 Å². The van der Waals surface area contributed by atoms with Crippen LogP contribution in [0.3, 0.4) is 0 Å². The molecule has 0 aliphatic heterocycles. The van der Waals surface area contributed by atoms with Crippen LogP contribution in [0.4, 0.5) is 15.9 Å². The van der Waals surface area contributed by atoms with E-state index in [-0.39, 0.29) is 11.6 Å². The summed E-state index contributed by atoms with van der Waals surface area (Å²) in [5.41, 5.74) is 10.3. The molecule has 5 rings (SSSR count). The number of nitrogens with zero attached hydrogens (tertiary/aromatic N) is 4. The van der Waals surface area contributed by atoms with E-state index in [1.807, 2.05) is 30.9 Å². The molecule has 1 aromatic carbocycles. The maximum absolute atomic E-state index is 15.0. The Hall–Kier alpha value is -4.07. The summed E-state index contributed by atoms with van der Waals surface area (Å²) < 4.78 is 16.9. The molecule has 0 unspecified atom stereocenters. The highest BCUT2D eigenvalue weighted by Gasteiger charge is 2.21. The molecular weight excluding hydrogens is 443 g/mol. The Kier molecular flexibility index (Phi) is 6.03. The topological polar surface area (TPSA) is 98.7 Å². The van der Waals surface area contributed by atoms with Crippen molar-refractivity contribution < 1.29 is 9.18 Å². The Balaban J connectivity index is 1.33. The lowest BCUT2D eigenvalue weighted by molar-refractivity contribution is -0.112. The number of fused-ring (bicyclic) bond motifs is 1. The van der Waals surface area contributed by atoms with E-state index in [1.165, 1.54) is 6.20 Å². The number of aromatic nitrogens is 4. The second-order valence-electron chi connectivity index (χ2n) is 9.11. The van der Waals surface area contributed by atoms with Crippen molar-refractivity contribution in [1.82, 2.24) is 19.7 Å². The molecule has 0 spiro atoms. The van der Waals surface area contributed by atoms with Crippen molar-refractivity contribution >= 4 is 28.2 Å². The first-order chi connectivity index (χ1) is 16.9. The lowest BCUT2D eigenvalue weighted by atomic mass is 9.84.